The molecule has 1 aliphatic rings. The van der Waals surface area contributed by atoms with E-state index in [2.05, 4.69) is 33.0 Å². The van der Waals surface area contributed by atoms with Gasteiger partial charge in [-0.25, -0.2) is 4.98 Å². The average molecular weight is 280 g/mol. The Balaban J connectivity index is 1.75. The molecule has 1 N–H and O–H groups in total. The molecule has 0 amide bonds. The van der Waals surface area contributed by atoms with Crippen molar-refractivity contribution in [2.24, 2.45) is 0 Å². The van der Waals surface area contributed by atoms with Crippen LogP contribution in [0.2, 0.25) is 0 Å². The molecular weight excluding hydrogens is 252 g/mol. The smallest absolute Gasteiger partial charge is 0.203 e. The molecule has 0 aromatic carbocycles. The minimum absolute atomic E-state index is 0.793. The van der Waals surface area contributed by atoms with Crippen molar-refractivity contribution in [1.82, 2.24) is 14.5 Å². The summed E-state index contributed by atoms with van der Waals surface area (Å²) in [6, 6.07) is 0.822. The van der Waals surface area contributed by atoms with Crippen molar-refractivity contribution in [3.63, 3.8) is 0 Å². The van der Waals surface area contributed by atoms with Crippen LogP contribution in [-0.2, 0) is 11.3 Å². The Bertz CT molecular complexity index is 401. The normalized spacial score (nSPS) is 15.0. The third kappa shape index (κ3) is 4.80. The molecule has 1 heterocycles. The first-order valence-corrected chi connectivity index (χ1v) is 7.76. The summed E-state index contributed by atoms with van der Waals surface area (Å²) in [5.41, 5.74) is 1.08. The van der Waals surface area contributed by atoms with E-state index in [1.54, 1.807) is 0 Å². The Morgan fingerprint density at radius 1 is 1.50 bits per heavy atom. The fourth-order valence-corrected chi connectivity index (χ4v) is 2.34. The summed E-state index contributed by atoms with van der Waals surface area (Å²) in [6.45, 7) is 8.69. The van der Waals surface area contributed by atoms with E-state index in [9.17, 15) is 0 Å². The van der Waals surface area contributed by atoms with E-state index in [4.69, 9.17) is 4.74 Å². The van der Waals surface area contributed by atoms with Crippen molar-refractivity contribution in [1.29, 1.82) is 0 Å². The molecule has 0 spiro atoms. The molecule has 0 saturated heterocycles. The number of imidazole rings is 1. The highest BCUT2D eigenvalue weighted by molar-refractivity contribution is 5.28. The highest BCUT2D eigenvalue weighted by Crippen LogP contribution is 2.25. The lowest BCUT2D eigenvalue weighted by atomic mass is 10.4. The number of nitrogens with zero attached hydrogens (tertiary/aromatic N) is 3. The molecule has 1 aromatic heterocycles. The van der Waals surface area contributed by atoms with Crippen LogP contribution in [0.3, 0.4) is 0 Å². The van der Waals surface area contributed by atoms with E-state index >= 15 is 0 Å². The zero-order valence-corrected chi connectivity index (χ0v) is 13.1. The maximum absolute atomic E-state index is 5.35. The van der Waals surface area contributed by atoms with E-state index in [-0.39, 0.29) is 0 Å². The Hall–Kier alpha value is -1.07. The van der Waals surface area contributed by atoms with Crippen molar-refractivity contribution in [2.75, 3.05) is 38.7 Å². The van der Waals surface area contributed by atoms with E-state index in [1.165, 1.54) is 12.8 Å². The van der Waals surface area contributed by atoms with Gasteiger partial charge in [-0.2, -0.15) is 0 Å². The standard InChI is InChI=1S/C15H28N4O/c1-4-20-11-5-8-16-15-17-13(2)12-19(15)10-9-18(3)14-6-7-14/h12,14H,4-11H2,1-3H3,(H,16,17). The van der Waals surface area contributed by atoms with Gasteiger partial charge in [0.1, 0.15) is 0 Å². The predicted octanol–water partition coefficient (Wildman–Crippen LogP) is 2.12. The average Bonchev–Trinajstić information content (AvgIpc) is 3.21. The number of ether oxygens (including phenoxy) is 1. The van der Waals surface area contributed by atoms with Gasteiger partial charge in [-0.3, -0.25) is 0 Å². The molecule has 0 unspecified atom stereocenters. The van der Waals surface area contributed by atoms with Gasteiger partial charge in [0.2, 0.25) is 5.95 Å². The molecule has 2 rings (SSSR count). The van der Waals surface area contributed by atoms with E-state index in [1.807, 2.05) is 13.8 Å². The summed E-state index contributed by atoms with van der Waals surface area (Å²) in [5.74, 6) is 0.989. The second-order valence-corrected chi connectivity index (χ2v) is 5.59. The van der Waals surface area contributed by atoms with Crippen molar-refractivity contribution in [3.8, 4) is 0 Å². The van der Waals surface area contributed by atoms with Gasteiger partial charge in [-0.1, -0.05) is 0 Å². The maximum Gasteiger partial charge on any atom is 0.203 e. The number of hydrogen-bond donors (Lipinski definition) is 1. The molecule has 0 atom stereocenters. The summed E-state index contributed by atoms with van der Waals surface area (Å²) in [7, 11) is 2.22. The second-order valence-electron chi connectivity index (χ2n) is 5.59. The van der Waals surface area contributed by atoms with Gasteiger partial charge in [0.25, 0.3) is 0 Å². The summed E-state index contributed by atoms with van der Waals surface area (Å²) >= 11 is 0. The number of nitrogens with one attached hydrogen (secondary N) is 1. The maximum atomic E-state index is 5.35. The molecule has 1 aliphatic carbocycles. The third-order valence-corrected chi connectivity index (χ3v) is 3.71. The molecule has 1 fully saturated rings. The lowest BCUT2D eigenvalue weighted by Gasteiger charge is -2.17. The van der Waals surface area contributed by atoms with Crippen LogP contribution < -0.4 is 5.32 Å². The Kier molecular flexibility index (Phi) is 5.86. The van der Waals surface area contributed by atoms with Gasteiger partial charge in [-0.05, 0) is 40.2 Å². The fourth-order valence-electron chi connectivity index (χ4n) is 2.34. The van der Waals surface area contributed by atoms with Gasteiger partial charge in [-0.15, -0.1) is 0 Å². The van der Waals surface area contributed by atoms with Crippen LogP contribution in [0.1, 0.15) is 31.9 Å². The first-order valence-electron chi connectivity index (χ1n) is 7.76. The zero-order valence-electron chi connectivity index (χ0n) is 13.1. The quantitative estimate of drug-likeness (QED) is 0.667. The van der Waals surface area contributed by atoms with Crippen molar-refractivity contribution in [3.05, 3.63) is 11.9 Å². The van der Waals surface area contributed by atoms with Gasteiger partial charge in [0.15, 0.2) is 0 Å². The van der Waals surface area contributed by atoms with Crippen molar-refractivity contribution >= 4 is 5.95 Å². The fraction of sp³-hybridized carbons (Fsp3) is 0.800. The van der Waals surface area contributed by atoms with E-state index in [0.717, 1.165) is 57.0 Å². The van der Waals surface area contributed by atoms with Crippen LogP contribution in [0.15, 0.2) is 6.20 Å². The third-order valence-electron chi connectivity index (χ3n) is 3.71. The molecule has 1 aromatic rings. The lowest BCUT2D eigenvalue weighted by Crippen LogP contribution is -2.25. The van der Waals surface area contributed by atoms with Crippen molar-refractivity contribution < 1.29 is 4.74 Å². The van der Waals surface area contributed by atoms with Crippen LogP contribution in [0.25, 0.3) is 0 Å². The van der Waals surface area contributed by atoms with Crippen LogP contribution in [0.5, 0.6) is 0 Å². The molecule has 5 heteroatoms. The predicted molar refractivity (Wildman–Crippen MR) is 82.2 cm³/mol. The highest BCUT2D eigenvalue weighted by atomic mass is 16.5. The lowest BCUT2D eigenvalue weighted by molar-refractivity contribution is 0.147. The number of likely N-dealkylation sites (N-methyl/N-ethyl adjacent to an activating group) is 1. The molecular formula is C15H28N4O. The zero-order chi connectivity index (χ0) is 14.4. The first kappa shape index (κ1) is 15.3. The first-order chi connectivity index (χ1) is 9.70. The number of aryl methyl sites for hydroxylation is 1. The van der Waals surface area contributed by atoms with Gasteiger partial charge >= 0.3 is 0 Å². The highest BCUT2D eigenvalue weighted by Gasteiger charge is 2.25. The number of hydrogen-bond acceptors (Lipinski definition) is 4. The van der Waals surface area contributed by atoms with Gasteiger partial charge < -0.3 is 19.5 Å². The van der Waals surface area contributed by atoms with Crippen LogP contribution in [-0.4, -0.2) is 53.8 Å². The Morgan fingerprint density at radius 2 is 2.30 bits per heavy atom. The summed E-state index contributed by atoms with van der Waals surface area (Å²) in [6.07, 6.45) is 5.87. The van der Waals surface area contributed by atoms with Crippen LogP contribution in [0, 0.1) is 6.92 Å². The minimum atomic E-state index is 0.793. The number of anilines is 1. The van der Waals surface area contributed by atoms with Gasteiger partial charge in [0.05, 0.1) is 5.69 Å². The number of rotatable bonds is 10. The molecule has 1 saturated carbocycles. The summed E-state index contributed by atoms with van der Waals surface area (Å²) < 4.78 is 7.58. The molecule has 20 heavy (non-hydrogen) atoms. The van der Waals surface area contributed by atoms with Crippen molar-refractivity contribution in [2.45, 2.75) is 45.7 Å². The molecule has 5 nitrogen and oxygen atoms in total. The summed E-state index contributed by atoms with van der Waals surface area (Å²) in [5, 5.41) is 3.41. The topological polar surface area (TPSA) is 42.3 Å². The molecule has 0 radical (unpaired) electrons. The second kappa shape index (κ2) is 7.64. The summed E-state index contributed by atoms with van der Waals surface area (Å²) in [4.78, 5) is 7.01. The molecule has 0 bridgehead atoms. The Labute approximate surface area is 122 Å². The van der Waals surface area contributed by atoms with Crippen LogP contribution >= 0.6 is 0 Å². The van der Waals surface area contributed by atoms with Gasteiger partial charge in [0, 0.05) is 45.1 Å². The SMILES string of the molecule is CCOCCCNc1nc(C)cn1CCN(C)C1CC1. The largest absolute Gasteiger partial charge is 0.382 e. The monoisotopic (exact) mass is 280 g/mol. The van der Waals surface area contributed by atoms with E-state index in [0.29, 0.717) is 0 Å². The Morgan fingerprint density at radius 3 is 3.00 bits per heavy atom. The number of aromatic nitrogens is 2. The molecule has 114 valence electrons. The van der Waals surface area contributed by atoms with E-state index < -0.39 is 0 Å². The molecule has 0 aliphatic heterocycles. The van der Waals surface area contributed by atoms with Crippen LogP contribution in [0.4, 0.5) is 5.95 Å². The minimum Gasteiger partial charge on any atom is -0.382 e.